The van der Waals surface area contributed by atoms with Gasteiger partial charge in [0.05, 0.1) is 0 Å². The van der Waals surface area contributed by atoms with E-state index in [-0.39, 0.29) is 5.75 Å². The summed E-state index contributed by atoms with van der Waals surface area (Å²) in [5.41, 5.74) is 0.431. The second-order valence-corrected chi connectivity index (χ2v) is 6.16. The zero-order valence-electron chi connectivity index (χ0n) is 12.7. The molecule has 0 aliphatic carbocycles. The fourth-order valence-electron chi connectivity index (χ4n) is 1.48. The van der Waals surface area contributed by atoms with Crippen LogP contribution in [0.2, 0.25) is 0 Å². The summed E-state index contributed by atoms with van der Waals surface area (Å²) in [5.74, 6) is -1.63. The number of thiol groups is 1. The SMILES string of the molecule is CC(C)(C)/[N+]([O-])=C\c1ccc(C(=O)N[C@@H](CS)C(=O)O)cc1. The molecule has 1 aromatic rings. The molecule has 1 atom stereocenters. The van der Waals surface area contributed by atoms with Crippen molar-refractivity contribution in [3.63, 3.8) is 0 Å². The van der Waals surface area contributed by atoms with Crippen molar-refractivity contribution in [3.05, 3.63) is 40.6 Å². The molecule has 0 aliphatic rings. The minimum atomic E-state index is -1.14. The third-order valence-electron chi connectivity index (χ3n) is 2.89. The Morgan fingerprint density at radius 2 is 1.91 bits per heavy atom. The van der Waals surface area contributed by atoms with E-state index in [1.165, 1.54) is 18.3 Å². The molecule has 0 bridgehead atoms. The highest BCUT2D eigenvalue weighted by Gasteiger charge is 2.20. The summed E-state index contributed by atoms with van der Waals surface area (Å²) in [7, 11) is 0. The fraction of sp³-hybridized carbons (Fsp3) is 0.400. The van der Waals surface area contributed by atoms with E-state index in [4.69, 9.17) is 5.11 Å². The molecular formula is C15H20N2O4S. The van der Waals surface area contributed by atoms with E-state index in [1.807, 2.05) is 0 Å². The van der Waals surface area contributed by atoms with Gasteiger partial charge in [-0.05, 0) is 24.3 Å². The van der Waals surface area contributed by atoms with Crippen molar-refractivity contribution in [3.8, 4) is 0 Å². The van der Waals surface area contributed by atoms with Crippen molar-refractivity contribution >= 4 is 30.7 Å². The number of carbonyl (C=O) groups is 2. The van der Waals surface area contributed by atoms with Crippen molar-refractivity contribution < 1.29 is 19.4 Å². The van der Waals surface area contributed by atoms with Crippen molar-refractivity contribution in [1.82, 2.24) is 5.32 Å². The van der Waals surface area contributed by atoms with Crippen LogP contribution in [-0.4, -0.2) is 45.3 Å². The lowest BCUT2D eigenvalue weighted by molar-refractivity contribution is -0.530. The first-order chi connectivity index (χ1) is 10.1. The molecule has 22 heavy (non-hydrogen) atoms. The first-order valence-electron chi connectivity index (χ1n) is 6.71. The molecule has 1 rings (SSSR count). The zero-order chi connectivity index (χ0) is 16.9. The molecule has 0 saturated carbocycles. The quantitative estimate of drug-likeness (QED) is 0.252. The number of hydroxylamine groups is 1. The van der Waals surface area contributed by atoms with Crippen LogP contribution in [0, 0.1) is 5.21 Å². The highest BCUT2D eigenvalue weighted by Crippen LogP contribution is 2.08. The predicted octanol–water partition coefficient (Wildman–Crippen LogP) is 1.53. The number of nitrogens with one attached hydrogen (secondary N) is 1. The van der Waals surface area contributed by atoms with Crippen LogP contribution in [0.5, 0.6) is 0 Å². The number of hydrogen-bond acceptors (Lipinski definition) is 4. The Morgan fingerprint density at radius 3 is 2.32 bits per heavy atom. The Labute approximate surface area is 134 Å². The van der Waals surface area contributed by atoms with E-state index < -0.39 is 23.5 Å². The summed E-state index contributed by atoms with van der Waals surface area (Å²) in [5, 5.41) is 23.1. The topological polar surface area (TPSA) is 92.5 Å². The van der Waals surface area contributed by atoms with Crippen LogP contribution in [0.15, 0.2) is 24.3 Å². The summed E-state index contributed by atoms with van der Waals surface area (Å²) in [4.78, 5) is 22.8. The van der Waals surface area contributed by atoms with Crippen LogP contribution >= 0.6 is 12.6 Å². The highest BCUT2D eigenvalue weighted by molar-refractivity contribution is 7.80. The predicted molar refractivity (Wildman–Crippen MR) is 87.7 cm³/mol. The van der Waals surface area contributed by atoms with Crippen LogP contribution in [0.4, 0.5) is 0 Å². The lowest BCUT2D eigenvalue weighted by atomic mass is 10.1. The van der Waals surface area contributed by atoms with E-state index in [2.05, 4.69) is 17.9 Å². The fourth-order valence-corrected chi connectivity index (χ4v) is 1.72. The van der Waals surface area contributed by atoms with Gasteiger partial charge in [0.1, 0.15) is 6.04 Å². The number of benzene rings is 1. The number of carboxylic acid groups (broad SMARTS) is 1. The number of hydrogen-bond donors (Lipinski definition) is 3. The highest BCUT2D eigenvalue weighted by atomic mass is 32.1. The van der Waals surface area contributed by atoms with Gasteiger partial charge >= 0.3 is 5.97 Å². The third kappa shape index (κ3) is 5.07. The standard InChI is InChI=1S/C15H20N2O4S/c1-15(2,3)17(21)8-10-4-6-11(7-5-10)13(18)16-12(9-22)14(19)20/h4-8,12,22H,9H2,1-3H3,(H,16,18)(H,19,20)/b17-8+/t12-/m0/s1. The Morgan fingerprint density at radius 1 is 1.36 bits per heavy atom. The number of nitrogens with zero attached hydrogens (tertiary/aromatic N) is 1. The average Bonchev–Trinajstić information content (AvgIpc) is 2.43. The lowest BCUT2D eigenvalue weighted by Gasteiger charge is -2.18. The van der Waals surface area contributed by atoms with Crippen molar-refractivity contribution in [2.45, 2.75) is 32.4 Å². The van der Waals surface area contributed by atoms with Crippen LogP contribution in [0.3, 0.4) is 0 Å². The minimum Gasteiger partial charge on any atom is -0.623 e. The number of carboxylic acids is 1. The van der Waals surface area contributed by atoms with E-state index in [1.54, 1.807) is 32.9 Å². The molecule has 0 spiro atoms. The van der Waals surface area contributed by atoms with Gasteiger partial charge in [0.25, 0.3) is 5.91 Å². The summed E-state index contributed by atoms with van der Waals surface area (Å²) in [6.45, 7) is 5.38. The van der Waals surface area contributed by atoms with Gasteiger partial charge in [0.15, 0.2) is 11.8 Å². The second kappa shape index (κ2) is 7.31. The molecule has 1 amide bonds. The number of carbonyl (C=O) groups excluding carboxylic acids is 1. The molecule has 0 aliphatic heterocycles. The average molecular weight is 324 g/mol. The normalized spacial score (nSPS) is 13.5. The van der Waals surface area contributed by atoms with Gasteiger partial charge in [-0.15, -0.1) is 0 Å². The maximum atomic E-state index is 11.9. The van der Waals surface area contributed by atoms with Gasteiger partial charge < -0.3 is 15.6 Å². The molecule has 0 heterocycles. The first kappa shape index (κ1) is 18.0. The largest absolute Gasteiger partial charge is 0.623 e. The molecule has 0 fully saturated rings. The molecule has 0 aromatic heterocycles. The van der Waals surface area contributed by atoms with E-state index in [9.17, 15) is 14.8 Å². The smallest absolute Gasteiger partial charge is 0.327 e. The molecule has 0 saturated heterocycles. The Kier molecular flexibility index (Phi) is 5.99. The first-order valence-corrected chi connectivity index (χ1v) is 7.34. The van der Waals surface area contributed by atoms with Crippen LogP contribution in [0.1, 0.15) is 36.7 Å². The third-order valence-corrected chi connectivity index (χ3v) is 3.25. The molecule has 2 N–H and O–H groups in total. The van der Waals surface area contributed by atoms with Crippen molar-refractivity contribution in [1.29, 1.82) is 0 Å². The maximum Gasteiger partial charge on any atom is 0.327 e. The monoisotopic (exact) mass is 324 g/mol. The lowest BCUT2D eigenvalue weighted by Crippen LogP contribution is -2.42. The van der Waals surface area contributed by atoms with Gasteiger partial charge in [-0.2, -0.15) is 12.6 Å². The van der Waals surface area contributed by atoms with Crippen LogP contribution in [0.25, 0.3) is 0 Å². The minimum absolute atomic E-state index is 0.00363. The van der Waals surface area contributed by atoms with Gasteiger partial charge in [0.2, 0.25) is 0 Å². The molecule has 0 unspecified atom stereocenters. The summed E-state index contributed by atoms with van der Waals surface area (Å²) in [6, 6.07) is 5.29. The van der Waals surface area contributed by atoms with Crippen LogP contribution < -0.4 is 5.32 Å². The molecule has 0 radical (unpaired) electrons. The Hall–Kier alpha value is -2.02. The van der Waals surface area contributed by atoms with Gasteiger partial charge in [-0.3, -0.25) is 4.79 Å². The second-order valence-electron chi connectivity index (χ2n) is 5.79. The van der Waals surface area contributed by atoms with E-state index in [0.29, 0.717) is 11.1 Å². The van der Waals surface area contributed by atoms with Gasteiger partial charge in [-0.1, -0.05) is 0 Å². The Bertz CT molecular complexity index is 576. The molecular weight excluding hydrogens is 304 g/mol. The zero-order valence-corrected chi connectivity index (χ0v) is 13.6. The molecule has 1 aromatic carbocycles. The number of amides is 1. The summed E-state index contributed by atoms with van der Waals surface area (Å²) in [6.07, 6.45) is 1.44. The van der Waals surface area contributed by atoms with Crippen molar-refractivity contribution in [2.24, 2.45) is 0 Å². The maximum absolute atomic E-state index is 11.9. The molecule has 120 valence electrons. The summed E-state index contributed by atoms with van der Waals surface area (Å²) < 4.78 is 0.837. The van der Waals surface area contributed by atoms with E-state index >= 15 is 0 Å². The number of rotatable bonds is 5. The van der Waals surface area contributed by atoms with Gasteiger partial charge in [0, 0.05) is 37.7 Å². The summed E-state index contributed by atoms with van der Waals surface area (Å²) >= 11 is 3.88. The van der Waals surface area contributed by atoms with Crippen molar-refractivity contribution in [2.75, 3.05) is 5.75 Å². The van der Waals surface area contributed by atoms with Gasteiger partial charge in [-0.25, -0.2) is 9.53 Å². The molecule has 6 nitrogen and oxygen atoms in total. The Balaban J connectivity index is 2.85. The van der Waals surface area contributed by atoms with E-state index in [0.717, 1.165) is 4.74 Å². The van der Waals surface area contributed by atoms with Crippen LogP contribution in [-0.2, 0) is 4.79 Å². The number of aliphatic carboxylic acids is 1. The molecule has 7 heteroatoms.